The molecule has 2 rings (SSSR count). The average Bonchev–Trinajstić information content (AvgIpc) is 2.46. The molecule has 1 heterocycles. The molecule has 4 nitrogen and oxygen atoms in total. The minimum Gasteiger partial charge on any atom is -0.351 e. The fraction of sp³-hybridized carbons (Fsp3) is 0.333. The predicted molar refractivity (Wildman–Crippen MR) is 78.0 cm³/mol. The molecule has 0 radical (unpaired) electrons. The molecular weight excluding hydrogens is 236 g/mol. The lowest BCUT2D eigenvalue weighted by Crippen LogP contribution is -2.24. The maximum absolute atomic E-state index is 4.63. The summed E-state index contributed by atoms with van der Waals surface area (Å²) in [5.74, 6) is 0.930. The Bertz CT molecular complexity index is 499. The lowest BCUT2D eigenvalue weighted by Gasteiger charge is -2.22. The van der Waals surface area contributed by atoms with Gasteiger partial charge in [0.1, 0.15) is 5.82 Å². The maximum atomic E-state index is 4.63. The molecule has 1 N–H and O–H groups in total. The van der Waals surface area contributed by atoms with E-state index in [1.54, 1.807) is 6.20 Å². The number of rotatable bonds is 6. The molecule has 0 amide bonds. The van der Waals surface area contributed by atoms with Crippen LogP contribution in [0.15, 0.2) is 42.7 Å². The van der Waals surface area contributed by atoms with Gasteiger partial charge >= 0.3 is 0 Å². The van der Waals surface area contributed by atoms with E-state index in [9.17, 15) is 0 Å². The third-order valence-electron chi connectivity index (χ3n) is 2.95. The first-order valence-corrected chi connectivity index (χ1v) is 6.58. The number of aromatic nitrogens is 2. The zero-order valence-electron chi connectivity index (χ0n) is 11.5. The van der Waals surface area contributed by atoms with E-state index >= 15 is 0 Å². The molecule has 0 saturated heterocycles. The summed E-state index contributed by atoms with van der Waals surface area (Å²) in [6, 6.07) is 10.4. The van der Waals surface area contributed by atoms with Gasteiger partial charge in [-0.25, -0.2) is 4.98 Å². The summed E-state index contributed by atoms with van der Waals surface area (Å²) < 4.78 is 0. The van der Waals surface area contributed by atoms with E-state index in [2.05, 4.69) is 51.4 Å². The van der Waals surface area contributed by atoms with Crippen LogP contribution < -0.4 is 10.2 Å². The Balaban J connectivity index is 2.15. The van der Waals surface area contributed by atoms with E-state index in [-0.39, 0.29) is 0 Å². The molecule has 0 bridgehead atoms. The smallest absolute Gasteiger partial charge is 0.147 e. The fourth-order valence-corrected chi connectivity index (χ4v) is 1.97. The zero-order valence-corrected chi connectivity index (χ0v) is 11.5. The van der Waals surface area contributed by atoms with Crippen molar-refractivity contribution in [3.8, 4) is 0 Å². The number of anilines is 1. The van der Waals surface area contributed by atoms with Crippen molar-refractivity contribution in [3.05, 3.63) is 54.0 Å². The summed E-state index contributed by atoms with van der Waals surface area (Å²) in [5.41, 5.74) is 2.25. The minimum absolute atomic E-state index is 0.740. The normalized spacial score (nSPS) is 10.4. The molecule has 19 heavy (non-hydrogen) atoms. The first-order chi connectivity index (χ1) is 9.33. The number of benzene rings is 1. The van der Waals surface area contributed by atoms with E-state index in [0.717, 1.165) is 31.1 Å². The number of nitrogens with one attached hydrogen (secondary N) is 1. The molecule has 4 heteroatoms. The van der Waals surface area contributed by atoms with Crippen LogP contribution in [0.3, 0.4) is 0 Å². The van der Waals surface area contributed by atoms with Gasteiger partial charge in [0.05, 0.1) is 11.9 Å². The van der Waals surface area contributed by atoms with Crippen molar-refractivity contribution in [2.75, 3.05) is 18.5 Å². The van der Waals surface area contributed by atoms with Crippen molar-refractivity contribution >= 4 is 5.82 Å². The Morgan fingerprint density at radius 1 is 1.16 bits per heavy atom. The zero-order chi connectivity index (χ0) is 13.5. The standard InChI is InChI=1S/C15H20N4/c1-3-19(12-13-7-5-4-6-8-13)15-11-17-10-14(18-15)9-16-2/h4-8,10-11,16H,3,9,12H2,1-2H3. The molecule has 2 aromatic rings. The van der Waals surface area contributed by atoms with Crippen LogP contribution in [-0.4, -0.2) is 23.6 Å². The quantitative estimate of drug-likeness (QED) is 0.860. The van der Waals surface area contributed by atoms with Gasteiger partial charge in [-0.05, 0) is 19.5 Å². The van der Waals surface area contributed by atoms with Crippen molar-refractivity contribution in [2.45, 2.75) is 20.0 Å². The molecule has 0 aliphatic carbocycles. The van der Waals surface area contributed by atoms with Gasteiger partial charge in [-0.2, -0.15) is 0 Å². The van der Waals surface area contributed by atoms with Crippen molar-refractivity contribution in [1.82, 2.24) is 15.3 Å². The van der Waals surface area contributed by atoms with E-state index in [1.807, 2.05) is 19.3 Å². The Labute approximate surface area is 114 Å². The Morgan fingerprint density at radius 2 is 1.95 bits per heavy atom. The highest BCUT2D eigenvalue weighted by atomic mass is 15.2. The van der Waals surface area contributed by atoms with Crippen molar-refractivity contribution < 1.29 is 0 Å². The summed E-state index contributed by atoms with van der Waals surface area (Å²) in [7, 11) is 1.91. The van der Waals surface area contributed by atoms with E-state index in [4.69, 9.17) is 0 Å². The Morgan fingerprint density at radius 3 is 2.63 bits per heavy atom. The molecule has 1 aromatic heterocycles. The minimum atomic E-state index is 0.740. The highest BCUT2D eigenvalue weighted by molar-refractivity contribution is 5.37. The first kappa shape index (κ1) is 13.5. The molecular formula is C15H20N4. The van der Waals surface area contributed by atoms with E-state index < -0.39 is 0 Å². The van der Waals surface area contributed by atoms with Crippen LogP contribution in [0.5, 0.6) is 0 Å². The summed E-state index contributed by atoms with van der Waals surface area (Å²) in [5, 5.41) is 3.10. The molecule has 0 fully saturated rings. The average molecular weight is 256 g/mol. The van der Waals surface area contributed by atoms with Gasteiger partial charge in [0, 0.05) is 25.8 Å². The van der Waals surface area contributed by atoms with Gasteiger partial charge in [-0.15, -0.1) is 0 Å². The van der Waals surface area contributed by atoms with Crippen LogP contribution in [0.1, 0.15) is 18.2 Å². The van der Waals surface area contributed by atoms with Crippen LogP contribution in [0, 0.1) is 0 Å². The summed E-state index contributed by atoms with van der Waals surface area (Å²) in [6.45, 7) is 4.64. The van der Waals surface area contributed by atoms with Crippen molar-refractivity contribution in [1.29, 1.82) is 0 Å². The third-order valence-corrected chi connectivity index (χ3v) is 2.95. The first-order valence-electron chi connectivity index (χ1n) is 6.58. The molecule has 0 unspecified atom stereocenters. The van der Waals surface area contributed by atoms with E-state index in [0.29, 0.717) is 0 Å². The molecule has 0 aliphatic rings. The number of hydrogen-bond donors (Lipinski definition) is 1. The second-order valence-electron chi connectivity index (χ2n) is 4.40. The van der Waals surface area contributed by atoms with Crippen molar-refractivity contribution in [3.63, 3.8) is 0 Å². The van der Waals surface area contributed by atoms with Crippen LogP contribution in [-0.2, 0) is 13.1 Å². The van der Waals surface area contributed by atoms with Gasteiger partial charge in [-0.1, -0.05) is 30.3 Å². The van der Waals surface area contributed by atoms with Gasteiger partial charge < -0.3 is 10.2 Å². The van der Waals surface area contributed by atoms with Gasteiger partial charge in [0.15, 0.2) is 0 Å². The monoisotopic (exact) mass is 256 g/mol. The third kappa shape index (κ3) is 3.76. The van der Waals surface area contributed by atoms with Crippen LogP contribution >= 0.6 is 0 Å². The predicted octanol–water partition coefficient (Wildman–Crippen LogP) is 2.22. The second-order valence-corrected chi connectivity index (χ2v) is 4.40. The maximum Gasteiger partial charge on any atom is 0.147 e. The summed E-state index contributed by atoms with van der Waals surface area (Å²) in [6.07, 6.45) is 3.63. The largest absolute Gasteiger partial charge is 0.351 e. The molecule has 0 saturated carbocycles. The molecule has 0 aliphatic heterocycles. The van der Waals surface area contributed by atoms with Crippen molar-refractivity contribution in [2.24, 2.45) is 0 Å². The van der Waals surface area contributed by atoms with Crippen LogP contribution in [0.25, 0.3) is 0 Å². The summed E-state index contributed by atoms with van der Waals surface area (Å²) in [4.78, 5) is 11.1. The SMILES string of the molecule is CCN(Cc1ccccc1)c1cncc(CNC)n1. The van der Waals surface area contributed by atoms with Gasteiger partial charge in [0.25, 0.3) is 0 Å². The molecule has 100 valence electrons. The highest BCUT2D eigenvalue weighted by Gasteiger charge is 2.07. The lowest BCUT2D eigenvalue weighted by molar-refractivity contribution is 0.760. The highest BCUT2D eigenvalue weighted by Crippen LogP contribution is 2.13. The van der Waals surface area contributed by atoms with Gasteiger partial charge in [0.2, 0.25) is 0 Å². The van der Waals surface area contributed by atoms with Crippen LogP contribution in [0.4, 0.5) is 5.82 Å². The Hall–Kier alpha value is -1.94. The molecule has 0 spiro atoms. The van der Waals surface area contributed by atoms with Gasteiger partial charge in [-0.3, -0.25) is 4.98 Å². The van der Waals surface area contributed by atoms with Crippen LogP contribution in [0.2, 0.25) is 0 Å². The summed E-state index contributed by atoms with van der Waals surface area (Å²) >= 11 is 0. The second kappa shape index (κ2) is 6.85. The number of hydrogen-bond acceptors (Lipinski definition) is 4. The molecule has 0 atom stereocenters. The Kier molecular flexibility index (Phi) is 4.86. The lowest BCUT2D eigenvalue weighted by atomic mass is 10.2. The topological polar surface area (TPSA) is 41.1 Å². The van der Waals surface area contributed by atoms with E-state index in [1.165, 1.54) is 5.56 Å². The fourth-order valence-electron chi connectivity index (χ4n) is 1.97. The number of nitrogens with zero attached hydrogens (tertiary/aromatic N) is 3. The molecule has 1 aromatic carbocycles.